The van der Waals surface area contributed by atoms with E-state index in [1.165, 1.54) is 0 Å². The lowest BCUT2D eigenvalue weighted by atomic mass is 10.1. The van der Waals surface area contributed by atoms with Crippen LogP contribution in [0, 0.1) is 6.92 Å². The van der Waals surface area contributed by atoms with Crippen LogP contribution in [0.1, 0.15) is 11.1 Å². The van der Waals surface area contributed by atoms with Gasteiger partial charge in [0.05, 0.1) is 5.69 Å². The lowest BCUT2D eigenvalue weighted by molar-refractivity contribution is 0.474. The topological polar surface area (TPSA) is 32.6 Å². The van der Waals surface area contributed by atoms with E-state index in [1.54, 1.807) is 12.3 Å². The first-order valence-electron chi connectivity index (χ1n) is 7.21. The molecule has 2 heteroatoms. The number of aliphatic imine (C=N–C) groups is 1. The van der Waals surface area contributed by atoms with Crippen LogP contribution in [0.5, 0.6) is 5.75 Å². The molecule has 0 radical (unpaired) electrons. The van der Waals surface area contributed by atoms with Crippen molar-refractivity contribution in [3.05, 3.63) is 83.9 Å². The highest BCUT2D eigenvalue weighted by atomic mass is 16.3. The molecule has 0 aliphatic heterocycles. The van der Waals surface area contributed by atoms with Crippen molar-refractivity contribution in [2.24, 2.45) is 4.99 Å². The second kappa shape index (κ2) is 6.27. The van der Waals surface area contributed by atoms with Gasteiger partial charge in [0.15, 0.2) is 0 Å². The summed E-state index contributed by atoms with van der Waals surface area (Å²) in [5.41, 5.74) is 4.98. The highest BCUT2D eigenvalue weighted by molar-refractivity contribution is 5.86. The van der Waals surface area contributed by atoms with Gasteiger partial charge in [-0.2, -0.15) is 0 Å². The molecule has 0 aliphatic rings. The van der Waals surface area contributed by atoms with Gasteiger partial charge in [0, 0.05) is 11.8 Å². The Hall–Kier alpha value is -2.87. The lowest BCUT2D eigenvalue weighted by Crippen LogP contribution is -1.84. The molecule has 0 saturated carbocycles. The van der Waals surface area contributed by atoms with Crippen LogP contribution in [-0.4, -0.2) is 11.3 Å². The van der Waals surface area contributed by atoms with E-state index >= 15 is 0 Å². The van der Waals surface area contributed by atoms with Gasteiger partial charge in [-0.05, 0) is 42.3 Å². The molecule has 0 bridgehead atoms. The smallest absolute Gasteiger partial charge is 0.124 e. The predicted octanol–water partition coefficient (Wildman–Crippen LogP) is 5.12. The molecule has 3 rings (SSSR count). The van der Waals surface area contributed by atoms with E-state index < -0.39 is 0 Å². The minimum Gasteiger partial charge on any atom is -0.507 e. The van der Waals surface area contributed by atoms with Crippen molar-refractivity contribution in [1.29, 1.82) is 0 Å². The molecule has 108 valence electrons. The number of rotatable bonds is 3. The third-order valence-electron chi connectivity index (χ3n) is 3.49. The van der Waals surface area contributed by atoms with Crippen molar-refractivity contribution < 1.29 is 5.11 Å². The largest absolute Gasteiger partial charge is 0.507 e. The van der Waals surface area contributed by atoms with Gasteiger partial charge in [-0.1, -0.05) is 54.1 Å². The second-order valence-corrected chi connectivity index (χ2v) is 5.24. The number of phenols is 1. The fourth-order valence-electron chi connectivity index (χ4n) is 2.32. The molecular formula is C20H17NO. The molecule has 0 heterocycles. The van der Waals surface area contributed by atoms with E-state index in [0.29, 0.717) is 0 Å². The zero-order valence-electron chi connectivity index (χ0n) is 12.4. The average molecular weight is 287 g/mol. The van der Waals surface area contributed by atoms with Crippen LogP contribution in [0.25, 0.3) is 11.1 Å². The maximum atomic E-state index is 9.85. The summed E-state index contributed by atoms with van der Waals surface area (Å²) in [7, 11) is 0. The van der Waals surface area contributed by atoms with Crippen LogP contribution >= 0.6 is 0 Å². The molecule has 0 spiro atoms. The van der Waals surface area contributed by atoms with Crippen molar-refractivity contribution in [3.63, 3.8) is 0 Å². The fourth-order valence-corrected chi connectivity index (χ4v) is 2.32. The zero-order valence-corrected chi connectivity index (χ0v) is 12.4. The molecule has 3 aromatic rings. The maximum absolute atomic E-state index is 9.85. The van der Waals surface area contributed by atoms with Gasteiger partial charge in [0.2, 0.25) is 0 Å². The summed E-state index contributed by atoms with van der Waals surface area (Å²) in [5, 5.41) is 9.85. The summed E-state index contributed by atoms with van der Waals surface area (Å²) in [4.78, 5) is 4.48. The molecule has 0 unspecified atom stereocenters. The van der Waals surface area contributed by atoms with Crippen LogP contribution in [-0.2, 0) is 0 Å². The Morgan fingerprint density at radius 2 is 1.59 bits per heavy atom. The van der Waals surface area contributed by atoms with Gasteiger partial charge in [0.25, 0.3) is 0 Å². The third kappa shape index (κ3) is 3.23. The first-order valence-corrected chi connectivity index (χ1v) is 7.21. The van der Waals surface area contributed by atoms with E-state index in [9.17, 15) is 5.11 Å². The maximum Gasteiger partial charge on any atom is 0.124 e. The highest BCUT2D eigenvalue weighted by Gasteiger charge is 2.00. The lowest BCUT2D eigenvalue weighted by Gasteiger charge is -2.03. The second-order valence-electron chi connectivity index (χ2n) is 5.24. The van der Waals surface area contributed by atoms with Crippen LogP contribution in [0.4, 0.5) is 5.69 Å². The van der Waals surface area contributed by atoms with Crippen LogP contribution < -0.4 is 0 Å². The molecule has 0 saturated heterocycles. The molecule has 0 fully saturated rings. The average Bonchev–Trinajstić information content (AvgIpc) is 2.57. The Morgan fingerprint density at radius 1 is 0.818 bits per heavy atom. The summed E-state index contributed by atoms with van der Waals surface area (Å²) in [6.07, 6.45) is 1.70. The normalized spacial score (nSPS) is 11.0. The number of phenolic OH excluding ortho intramolecular Hbond substituents is 1. The summed E-state index contributed by atoms with van der Waals surface area (Å²) in [5.74, 6) is 0.244. The SMILES string of the molecule is Cc1ccc(O)c(C=Nc2cccc(-c3ccccc3)c2)c1. The van der Waals surface area contributed by atoms with Crippen LogP contribution in [0.2, 0.25) is 0 Å². The van der Waals surface area contributed by atoms with Gasteiger partial charge in [0.1, 0.15) is 5.75 Å². The molecule has 0 amide bonds. The summed E-state index contributed by atoms with van der Waals surface area (Å²) in [6.45, 7) is 1.99. The first kappa shape index (κ1) is 14.1. The van der Waals surface area contributed by atoms with Crippen molar-refractivity contribution in [2.75, 3.05) is 0 Å². The van der Waals surface area contributed by atoms with E-state index in [0.717, 1.165) is 27.9 Å². The first-order chi connectivity index (χ1) is 10.7. The Bertz CT molecular complexity index is 807. The number of hydrogen-bond donors (Lipinski definition) is 1. The monoisotopic (exact) mass is 287 g/mol. The van der Waals surface area contributed by atoms with Crippen molar-refractivity contribution in [2.45, 2.75) is 6.92 Å². The van der Waals surface area contributed by atoms with Crippen molar-refractivity contribution >= 4 is 11.9 Å². The van der Waals surface area contributed by atoms with E-state index in [-0.39, 0.29) is 5.75 Å². The zero-order chi connectivity index (χ0) is 15.4. The summed E-state index contributed by atoms with van der Waals surface area (Å²) < 4.78 is 0. The van der Waals surface area contributed by atoms with Crippen LogP contribution in [0.15, 0.2) is 77.8 Å². The molecule has 2 nitrogen and oxygen atoms in total. The molecular weight excluding hydrogens is 270 g/mol. The molecule has 1 N–H and O–H groups in total. The van der Waals surface area contributed by atoms with E-state index in [2.05, 4.69) is 23.2 Å². The quantitative estimate of drug-likeness (QED) is 0.666. The Labute approximate surface area is 130 Å². The Kier molecular flexibility index (Phi) is 4.01. The Balaban J connectivity index is 1.90. The number of aromatic hydroxyl groups is 1. The van der Waals surface area contributed by atoms with Crippen LogP contribution in [0.3, 0.4) is 0 Å². The number of hydrogen-bond acceptors (Lipinski definition) is 2. The minimum atomic E-state index is 0.244. The number of nitrogens with zero attached hydrogens (tertiary/aromatic N) is 1. The molecule has 3 aromatic carbocycles. The van der Waals surface area contributed by atoms with Gasteiger partial charge in [-0.3, -0.25) is 4.99 Å². The standard InChI is InChI=1S/C20H17NO/c1-15-10-11-20(22)18(12-15)14-21-19-9-5-8-17(13-19)16-6-3-2-4-7-16/h2-14,22H,1H3. The van der Waals surface area contributed by atoms with E-state index in [1.807, 2.05) is 55.5 Å². The molecule has 0 aromatic heterocycles. The Morgan fingerprint density at radius 3 is 2.41 bits per heavy atom. The van der Waals surface area contributed by atoms with Gasteiger partial charge in [-0.25, -0.2) is 0 Å². The predicted molar refractivity (Wildman–Crippen MR) is 92.0 cm³/mol. The van der Waals surface area contributed by atoms with Gasteiger partial charge in [-0.15, -0.1) is 0 Å². The van der Waals surface area contributed by atoms with Crippen molar-refractivity contribution in [1.82, 2.24) is 0 Å². The third-order valence-corrected chi connectivity index (χ3v) is 3.49. The van der Waals surface area contributed by atoms with E-state index in [4.69, 9.17) is 0 Å². The van der Waals surface area contributed by atoms with Gasteiger partial charge >= 0.3 is 0 Å². The van der Waals surface area contributed by atoms with Gasteiger partial charge < -0.3 is 5.11 Å². The minimum absolute atomic E-state index is 0.244. The fraction of sp³-hybridized carbons (Fsp3) is 0.0500. The summed E-state index contributed by atoms with van der Waals surface area (Å²) >= 11 is 0. The molecule has 0 atom stereocenters. The number of benzene rings is 3. The highest BCUT2D eigenvalue weighted by Crippen LogP contribution is 2.24. The summed E-state index contributed by atoms with van der Waals surface area (Å²) in [6, 6.07) is 23.8. The molecule has 22 heavy (non-hydrogen) atoms. The van der Waals surface area contributed by atoms with Crippen molar-refractivity contribution in [3.8, 4) is 16.9 Å². The molecule has 0 aliphatic carbocycles. The number of aryl methyl sites for hydroxylation is 1.